The van der Waals surface area contributed by atoms with Gasteiger partial charge in [-0.05, 0) is 25.0 Å². The molecule has 0 aliphatic carbocycles. The van der Waals surface area contributed by atoms with Gasteiger partial charge >= 0.3 is 0 Å². The van der Waals surface area contributed by atoms with Gasteiger partial charge in [-0.15, -0.1) is 0 Å². The maximum Gasteiger partial charge on any atom is 0.167 e. The zero-order chi connectivity index (χ0) is 9.26. The third-order valence-corrected chi connectivity index (χ3v) is 2.17. The molecule has 1 heterocycles. The quantitative estimate of drug-likeness (QED) is 0.755. The van der Waals surface area contributed by atoms with Crippen molar-refractivity contribution in [2.75, 3.05) is 18.5 Å². The summed E-state index contributed by atoms with van der Waals surface area (Å²) in [7, 11) is 0. The highest BCUT2D eigenvalue weighted by Crippen LogP contribution is 2.29. The highest BCUT2D eigenvalue weighted by Gasteiger charge is 2.14. The van der Waals surface area contributed by atoms with Gasteiger partial charge in [-0.1, -0.05) is 0 Å². The van der Waals surface area contributed by atoms with Crippen molar-refractivity contribution in [3.05, 3.63) is 23.5 Å². The molecular weight excluding hydrogens is 169 g/mol. The highest BCUT2D eigenvalue weighted by atomic mass is 19.1. The Bertz CT molecular complexity index is 325. The summed E-state index contributed by atoms with van der Waals surface area (Å²) >= 11 is 0. The van der Waals surface area contributed by atoms with Gasteiger partial charge in [-0.2, -0.15) is 0 Å². The first-order valence-corrected chi connectivity index (χ1v) is 4.50. The maximum absolute atomic E-state index is 13.3. The van der Waals surface area contributed by atoms with E-state index in [-0.39, 0.29) is 5.82 Å². The minimum atomic E-state index is -0.282. The zero-order valence-electron chi connectivity index (χ0n) is 7.56. The van der Waals surface area contributed by atoms with Gasteiger partial charge in [-0.25, -0.2) is 4.39 Å². The molecule has 70 valence electrons. The Morgan fingerprint density at radius 1 is 1.54 bits per heavy atom. The van der Waals surface area contributed by atoms with Crippen LogP contribution in [0, 0.1) is 5.82 Å². The lowest BCUT2D eigenvalue weighted by Crippen LogP contribution is -1.96. The van der Waals surface area contributed by atoms with E-state index in [0.29, 0.717) is 12.4 Å². The van der Waals surface area contributed by atoms with Crippen LogP contribution in [0.1, 0.15) is 12.5 Å². The van der Waals surface area contributed by atoms with Crippen LogP contribution in [0.15, 0.2) is 12.1 Å². The summed E-state index contributed by atoms with van der Waals surface area (Å²) in [6.45, 7) is 3.25. The molecule has 1 aliphatic heterocycles. The van der Waals surface area contributed by atoms with E-state index < -0.39 is 0 Å². The van der Waals surface area contributed by atoms with Gasteiger partial charge in [0.25, 0.3) is 0 Å². The minimum Gasteiger partial charge on any atom is -0.491 e. The normalized spacial score (nSPS) is 13.7. The molecule has 2 rings (SSSR count). The molecule has 0 atom stereocenters. The second kappa shape index (κ2) is 3.24. The molecule has 0 saturated carbocycles. The third kappa shape index (κ3) is 1.46. The lowest BCUT2D eigenvalue weighted by Gasteiger charge is -2.06. The molecule has 1 aromatic rings. The smallest absolute Gasteiger partial charge is 0.167 e. The average molecular weight is 181 g/mol. The SMILES string of the molecule is CCOc1cc2c(cc1F)NCC2. The first-order chi connectivity index (χ1) is 6.31. The number of anilines is 1. The number of hydrogen-bond donors (Lipinski definition) is 1. The van der Waals surface area contributed by atoms with E-state index >= 15 is 0 Å². The predicted octanol–water partition coefficient (Wildman–Crippen LogP) is 2.19. The topological polar surface area (TPSA) is 21.3 Å². The molecule has 1 aliphatic rings. The van der Waals surface area contributed by atoms with Gasteiger partial charge in [0.1, 0.15) is 0 Å². The number of benzene rings is 1. The fraction of sp³-hybridized carbons (Fsp3) is 0.400. The lowest BCUT2D eigenvalue weighted by atomic mass is 10.1. The van der Waals surface area contributed by atoms with Crippen LogP contribution in [-0.2, 0) is 6.42 Å². The van der Waals surface area contributed by atoms with Crippen molar-refractivity contribution in [1.29, 1.82) is 0 Å². The molecule has 2 nitrogen and oxygen atoms in total. The Labute approximate surface area is 76.7 Å². The maximum atomic E-state index is 13.3. The molecule has 13 heavy (non-hydrogen) atoms. The Morgan fingerprint density at radius 2 is 2.38 bits per heavy atom. The van der Waals surface area contributed by atoms with Crippen LogP contribution in [0.25, 0.3) is 0 Å². The standard InChI is InChI=1S/C10H12FNO/c1-2-13-10-5-7-3-4-12-9(7)6-8(10)11/h5-6,12H,2-4H2,1H3. The minimum absolute atomic E-state index is 0.282. The van der Waals surface area contributed by atoms with E-state index in [0.717, 1.165) is 24.2 Å². The first-order valence-electron chi connectivity index (χ1n) is 4.50. The lowest BCUT2D eigenvalue weighted by molar-refractivity contribution is 0.321. The third-order valence-electron chi connectivity index (χ3n) is 2.17. The molecule has 1 N–H and O–H groups in total. The van der Waals surface area contributed by atoms with E-state index in [2.05, 4.69) is 5.32 Å². The number of fused-ring (bicyclic) bond motifs is 1. The van der Waals surface area contributed by atoms with Gasteiger partial charge < -0.3 is 10.1 Å². The molecule has 0 unspecified atom stereocenters. The van der Waals surface area contributed by atoms with Gasteiger partial charge in [0.05, 0.1) is 6.61 Å². The molecule has 0 saturated heterocycles. The monoisotopic (exact) mass is 181 g/mol. The highest BCUT2D eigenvalue weighted by molar-refractivity contribution is 5.58. The summed E-state index contributed by atoms with van der Waals surface area (Å²) < 4.78 is 18.4. The number of halogens is 1. The second-order valence-corrected chi connectivity index (χ2v) is 3.05. The fourth-order valence-corrected chi connectivity index (χ4v) is 1.56. The van der Waals surface area contributed by atoms with Crippen LogP contribution in [0.3, 0.4) is 0 Å². The summed E-state index contributed by atoms with van der Waals surface area (Å²) in [5.74, 6) is 0.0833. The van der Waals surface area contributed by atoms with Gasteiger partial charge in [-0.3, -0.25) is 0 Å². The number of hydrogen-bond acceptors (Lipinski definition) is 2. The van der Waals surface area contributed by atoms with Gasteiger partial charge in [0, 0.05) is 18.3 Å². The molecule has 3 heteroatoms. The number of rotatable bonds is 2. The Kier molecular flexibility index (Phi) is 2.08. The first kappa shape index (κ1) is 8.35. The molecule has 0 aromatic heterocycles. The molecular formula is C10H12FNO. The van der Waals surface area contributed by atoms with E-state index in [4.69, 9.17) is 4.74 Å². The van der Waals surface area contributed by atoms with Crippen molar-refractivity contribution >= 4 is 5.69 Å². The fourth-order valence-electron chi connectivity index (χ4n) is 1.56. The average Bonchev–Trinajstić information content (AvgIpc) is 2.52. The van der Waals surface area contributed by atoms with E-state index in [1.165, 1.54) is 6.07 Å². The molecule has 0 radical (unpaired) electrons. The van der Waals surface area contributed by atoms with Crippen LogP contribution >= 0.6 is 0 Å². The Hall–Kier alpha value is -1.25. The number of ether oxygens (including phenoxy) is 1. The van der Waals surface area contributed by atoms with Crippen molar-refractivity contribution < 1.29 is 9.13 Å². The molecule has 0 amide bonds. The summed E-state index contributed by atoms with van der Waals surface area (Å²) in [6, 6.07) is 3.29. The Morgan fingerprint density at radius 3 is 3.15 bits per heavy atom. The van der Waals surface area contributed by atoms with Crippen molar-refractivity contribution in [2.45, 2.75) is 13.3 Å². The van der Waals surface area contributed by atoms with Crippen LogP contribution < -0.4 is 10.1 Å². The van der Waals surface area contributed by atoms with E-state index in [1.807, 2.05) is 6.92 Å². The number of nitrogens with one attached hydrogen (secondary N) is 1. The summed E-state index contributed by atoms with van der Waals surface area (Å²) in [5.41, 5.74) is 2.05. The van der Waals surface area contributed by atoms with Gasteiger partial charge in [0.2, 0.25) is 0 Å². The van der Waals surface area contributed by atoms with Crippen LogP contribution in [0.2, 0.25) is 0 Å². The van der Waals surface area contributed by atoms with Crippen molar-refractivity contribution in [3.63, 3.8) is 0 Å². The summed E-state index contributed by atoms with van der Waals surface area (Å²) in [6.07, 6.45) is 0.954. The van der Waals surface area contributed by atoms with Crippen LogP contribution in [0.5, 0.6) is 5.75 Å². The van der Waals surface area contributed by atoms with Crippen LogP contribution in [0.4, 0.5) is 10.1 Å². The summed E-state index contributed by atoms with van der Waals surface area (Å²) in [4.78, 5) is 0. The largest absolute Gasteiger partial charge is 0.491 e. The molecule has 1 aromatic carbocycles. The predicted molar refractivity (Wildman–Crippen MR) is 49.8 cm³/mol. The molecule has 0 spiro atoms. The van der Waals surface area contributed by atoms with Crippen molar-refractivity contribution in [3.8, 4) is 5.75 Å². The van der Waals surface area contributed by atoms with Gasteiger partial charge in [0.15, 0.2) is 11.6 Å². The summed E-state index contributed by atoms with van der Waals surface area (Å²) in [5, 5.41) is 3.11. The molecule has 0 fully saturated rings. The van der Waals surface area contributed by atoms with E-state index in [9.17, 15) is 4.39 Å². The van der Waals surface area contributed by atoms with Crippen molar-refractivity contribution in [2.24, 2.45) is 0 Å². The second-order valence-electron chi connectivity index (χ2n) is 3.05. The molecule has 0 bridgehead atoms. The zero-order valence-corrected chi connectivity index (χ0v) is 7.56. The Balaban J connectivity index is 2.37. The van der Waals surface area contributed by atoms with Crippen LogP contribution in [-0.4, -0.2) is 13.2 Å². The van der Waals surface area contributed by atoms with E-state index in [1.54, 1.807) is 6.07 Å². The van der Waals surface area contributed by atoms with Crippen molar-refractivity contribution in [1.82, 2.24) is 0 Å².